The van der Waals surface area contributed by atoms with Crippen molar-refractivity contribution in [1.82, 2.24) is 0 Å². The van der Waals surface area contributed by atoms with Crippen LogP contribution in [0.4, 0.5) is 0 Å². The largest absolute Gasteiger partial charge is 0.310 e. The maximum atomic E-state index is 5.52. The zero-order valence-electron chi connectivity index (χ0n) is 9.45. The minimum absolute atomic E-state index is 0.864. The van der Waals surface area contributed by atoms with Crippen LogP contribution in [0.25, 0.3) is 0 Å². The van der Waals surface area contributed by atoms with Gasteiger partial charge in [0.2, 0.25) is 0 Å². The molecule has 1 aromatic carbocycles. The van der Waals surface area contributed by atoms with E-state index in [4.69, 9.17) is 4.18 Å². The summed E-state index contributed by atoms with van der Waals surface area (Å²) < 4.78 is 5.52. The summed E-state index contributed by atoms with van der Waals surface area (Å²) in [5, 5.41) is 0. The van der Waals surface area contributed by atoms with E-state index in [0.29, 0.717) is 0 Å². The lowest BCUT2D eigenvalue weighted by atomic mass is 10.2. The van der Waals surface area contributed by atoms with Crippen LogP contribution in [-0.2, 0) is 4.18 Å². The molecule has 0 aliphatic carbocycles. The first-order valence-electron chi connectivity index (χ1n) is 5.78. The number of hydrogen-bond donors (Lipinski definition) is 0. The normalized spacial score (nSPS) is 10.5. The average molecular weight is 224 g/mol. The molecule has 0 aliphatic rings. The number of hydrogen-bond acceptors (Lipinski definition) is 2. The standard InChI is InChI=1S/C13H20OS/c1-2-3-4-5-9-12-14-15-13-10-7-6-8-11-13/h6-8,10-11H,2-5,9,12H2,1H3. The molecule has 0 spiro atoms. The highest BCUT2D eigenvalue weighted by Crippen LogP contribution is 2.18. The fourth-order valence-electron chi connectivity index (χ4n) is 1.35. The molecule has 84 valence electrons. The third kappa shape index (κ3) is 6.58. The Labute approximate surface area is 97.4 Å². The van der Waals surface area contributed by atoms with Crippen LogP contribution in [0.5, 0.6) is 0 Å². The third-order valence-corrected chi connectivity index (χ3v) is 2.98. The Morgan fingerprint density at radius 2 is 1.73 bits per heavy atom. The smallest absolute Gasteiger partial charge is 0.0618 e. The van der Waals surface area contributed by atoms with Crippen molar-refractivity contribution < 1.29 is 4.18 Å². The van der Waals surface area contributed by atoms with Crippen molar-refractivity contribution >= 4 is 12.0 Å². The first kappa shape index (κ1) is 12.6. The lowest BCUT2D eigenvalue weighted by Gasteiger charge is -2.02. The molecule has 0 atom stereocenters. The Bertz CT molecular complexity index is 236. The van der Waals surface area contributed by atoms with Crippen molar-refractivity contribution in [3.05, 3.63) is 30.3 Å². The van der Waals surface area contributed by atoms with Gasteiger partial charge in [-0.2, -0.15) is 0 Å². The van der Waals surface area contributed by atoms with Crippen molar-refractivity contribution in [2.24, 2.45) is 0 Å². The average Bonchev–Trinajstić information content (AvgIpc) is 2.29. The van der Waals surface area contributed by atoms with Gasteiger partial charge < -0.3 is 4.18 Å². The van der Waals surface area contributed by atoms with Crippen molar-refractivity contribution in [3.8, 4) is 0 Å². The molecule has 0 heterocycles. The molecule has 0 amide bonds. The number of benzene rings is 1. The lowest BCUT2D eigenvalue weighted by Crippen LogP contribution is -1.87. The second kappa shape index (κ2) is 8.81. The van der Waals surface area contributed by atoms with Crippen LogP contribution in [0, 0.1) is 0 Å². The Hall–Kier alpha value is -0.470. The fraction of sp³-hybridized carbons (Fsp3) is 0.538. The van der Waals surface area contributed by atoms with E-state index in [0.717, 1.165) is 6.61 Å². The minimum atomic E-state index is 0.864. The summed E-state index contributed by atoms with van der Waals surface area (Å²) in [6.45, 7) is 3.10. The van der Waals surface area contributed by atoms with Gasteiger partial charge in [-0.05, 0) is 18.6 Å². The van der Waals surface area contributed by atoms with E-state index in [2.05, 4.69) is 19.1 Å². The molecule has 0 unspecified atom stereocenters. The Kier molecular flexibility index (Phi) is 7.40. The van der Waals surface area contributed by atoms with Gasteiger partial charge in [-0.1, -0.05) is 50.8 Å². The minimum Gasteiger partial charge on any atom is -0.310 e. The van der Waals surface area contributed by atoms with E-state index in [1.807, 2.05) is 18.2 Å². The lowest BCUT2D eigenvalue weighted by molar-refractivity contribution is 0.355. The SMILES string of the molecule is CCCCCCCOSc1ccccc1. The van der Waals surface area contributed by atoms with E-state index >= 15 is 0 Å². The number of unbranched alkanes of at least 4 members (excludes halogenated alkanes) is 4. The first-order valence-corrected chi connectivity index (χ1v) is 6.52. The van der Waals surface area contributed by atoms with Crippen LogP contribution >= 0.6 is 12.0 Å². The maximum Gasteiger partial charge on any atom is 0.0618 e. The molecule has 0 bridgehead atoms. The molecular weight excluding hydrogens is 204 g/mol. The van der Waals surface area contributed by atoms with Crippen LogP contribution in [-0.4, -0.2) is 6.61 Å². The van der Waals surface area contributed by atoms with Crippen LogP contribution in [0.2, 0.25) is 0 Å². The highest BCUT2D eigenvalue weighted by molar-refractivity contribution is 7.94. The van der Waals surface area contributed by atoms with E-state index in [1.165, 1.54) is 49.0 Å². The summed E-state index contributed by atoms with van der Waals surface area (Å²) in [6.07, 6.45) is 6.48. The molecule has 1 nitrogen and oxygen atoms in total. The van der Waals surface area contributed by atoms with Crippen LogP contribution in [0.15, 0.2) is 35.2 Å². The number of rotatable bonds is 8. The Balaban J connectivity index is 1.93. The Morgan fingerprint density at radius 3 is 2.47 bits per heavy atom. The van der Waals surface area contributed by atoms with Gasteiger partial charge in [0.15, 0.2) is 0 Å². The second-order valence-corrected chi connectivity index (χ2v) is 4.51. The molecule has 0 saturated heterocycles. The molecule has 0 saturated carbocycles. The van der Waals surface area contributed by atoms with Crippen LogP contribution < -0.4 is 0 Å². The van der Waals surface area contributed by atoms with Gasteiger partial charge in [0.25, 0.3) is 0 Å². The maximum absolute atomic E-state index is 5.52. The zero-order chi connectivity index (χ0) is 10.8. The molecule has 0 aliphatic heterocycles. The van der Waals surface area contributed by atoms with E-state index < -0.39 is 0 Å². The summed E-state index contributed by atoms with van der Waals surface area (Å²) in [5.74, 6) is 0. The highest BCUT2D eigenvalue weighted by atomic mass is 32.2. The topological polar surface area (TPSA) is 9.23 Å². The van der Waals surface area contributed by atoms with Gasteiger partial charge in [0.1, 0.15) is 0 Å². The van der Waals surface area contributed by atoms with Crippen molar-refractivity contribution in [2.75, 3.05) is 6.61 Å². The second-order valence-electron chi connectivity index (χ2n) is 3.63. The van der Waals surface area contributed by atoms with Crippen molar-refractivity contribution in [3.63, 3.8) is 0 Å². The van der Waals surface area contributed by atoms with Crippen LogP contribution in [0.1, 0.15) is 39.0 Å². The Morgan fingerprint density at radius 1 is 1.00 bits per heavy atom. The third-order valence-electron chi connectivity index (χ3n) is 2.23. The summed E-state index contributed by atoms with van der Waals surface area (Å²) >= 11 is 1.48. The predicted octanol–water partition coefficient (Wildman–Crippen LogP) is 4.68. The van der Waals surface area contributed by atoms with Gasteiger partial charge >= 0.3 is 0 Å². The zero-order valence-corrected chi connectivity index (χ0v) is 10.3. The quantitative estimate of drug-likeness (QED) is 0.468. The molecule has 0 radical (unpaired) electrons. The molecule has 1 rings (SSSR count). The molecule has 1 aromatic rings. The monoisotopic (exact) mass is 224 g/mol. The molecule has 0 aromatic heterocycles. The van der Waals surface area contributed by atoms with Crippen molar-refractivity contribution in [1.29, 1.82) is 0 Å². The van der Waals surface area contributed by atoms with E-state index in [-0.39, 0.29) is 0 Å². The van der Waals surface area contributed by atoms with E-state index in [9.17, 15) is 0 Å². The first-order chi connectivity index (χ1) is 7.43. The summed E-state index contributed by atoms with van der Waals surface area (Å²) in [5.41, 5.74) is 0. The highest BCUT2D eigenvalue weighted by Gasteiger charge is 1.93. The van der Waals surface area contributed by atoms with Crippen LogP contribution in [0.3, 0.4) is 0 Å². The van der Waals surface area contributed by atoms with Gasteiger partial charge in [-0.15, -0.1) is 0 Å². The molecule has 0 N–H and O–H groups in total. The summed E-state index contributed by atoms with van der Waals surface area (Å²) in [6, 6.07) is 10.2. The molecule has 0 fully saturated rings. The van der Waals surface area contributed by atoms with Gasteiger partial charge in [0.05, 0.1) is 6.61 Å². The van der Waals surface area contributed by atoms with Gasteiger partial charge in [-0.25, -0.2) is 0 Å². The summed E-state index contributed by atoms with van der Waals surface area (Å²) in [7, 11) is 0. The van der Waals surface area contributed by atoms with Crippen molar-refractivity contribution in [2.45, 2.75) is 43.9 Å². The molecule has 15 heavy (non-hydrogen) atoms. The molecule has 2 heteroatoms. The van der Waals surface area contributed by atoms with E-state index in [1.54, 1.807) is 0 Å². The molecular formula is C13H20OS. The summed E-state index contributed by atoms with van der Waals surface area (Å²) in [4.78, 5) is 1.19. The predicted molar refractivity (Wildman–Crippen MR) is 67.0 cm³/mol. The van der Waals surface area contributed by atoms with Gasteiger partial charge in [0, 0.05) is 16.9 Å². The van der Waals surface area contributed by atoms with Gasteiger partial charge in [-0.3, -0.25) is 0 Å². The fourth-order valence-corrected chi connectivity index (χ4v) is 1.96.